The van der Waals surface area contributed by atoms with Gasteiger partial charge in [-0.1, -0.05) is 75.8 Å². The molecule has 188 valence electrons. The van der Waals surface area contributed by atoms with Crippen LogP contribution in [0, 0.1) is 6.92 Å². The van der Waals surface area contributed by atoms with Crippen LogP contribution in [0.3, 0.4) is 0 Å². The lowest BCUT2D eigenvalue weighted by Gasteiger charge is -2.46. The minimum Gasteiger partial charge on any atom is -0.339 e. The van der Waals surface area contributed by atoms with E-state index in [2.05, 4.69) is 78.3 Å². The first-order chi connectivity index (χ1) is 16.5. The molecule has 4 unspecified atom stereocenters. The molecule has 5 heteroatoms. The predicted octanol–water partition coefficient (Wildman–Crippen LogP) is 5.57. The van der Waals surface area contributed by atoms with Gasteiger partial charge in [-0.05, 0) is 51.2 Å². The van der Waals surface area contributed by atoms with Crippen molar-refractivity contribution in [3.63, 3.8) is 0 Å². The molecule has 0 aliphatic carbocycles. The lowest BCUT2D eigenvalue weighted by Crippen LogP contribution is -2.59. The van der Waals surface area contributed by atoms with E-state index in [-0.39, 0.29) is 12.1 Å². The summed E-state index contributed by atoms with van der Waals surface area (Å²) >= 11 is 0. The maximum atomic E-state index is 13.4. The number of amides is 1. The number of fused-ring (bicyclic) bond motifs is 1. The van der Waals surface area contributed by atoms with Crippen molar-refractivity contribution in [1.29, 1.82) is 0 Å². The zero-order valence-corrected chi connectivity index (χ0v) is 21.9. The number of hydrogen-bond donors (Lipinski definition) is 1. The number of nitrogens with one attached hydrogen (secondary N) is 1. The number of aryl methyl sites for hydroxylation is 1. The molecule has 0 saturated carbocycles. The van der Waals surface area contributed by atoms with Crippen LogP contribution in [0.15, 0.2) is 36.0 Å². The molecule has 1 aromatic carbocycles. The Labute approximate surface area is 207 Å². The van der Waals surface area contributed by atoms with Crippen molar-refractivity contribution in [3.05, 3.63) is 47.2 Å². The normalized spacial score (nSPS) is 27.2. The molecule has 1 N–H and O–H groups in total. The van der Waals surface area contributed by atoms with E-state index >= 15 is 0 Å². The number of hydrazine groups is 1. The lowest BCUT2D eigenvalue weighted by atomic mass is 9.99. The zero-order chi connectivity index (χ0) is 24.1. The van der Waals surface area contributed by atoms with Gasteiger partial charge in [0.1, 0.15) is 0 Å². The van der Waals surface area contributed by atoms with Crippen LogP contribution in [-0.4, -0.2) is 58.5 Å². The molecule has 3 aliphatic rings. The number of nitrogens with zero attached hydrogens (tertiary/aromatic N) is 3. The molecule has 0 bridgehead atoms. The molecule has 2 saturated heterocycles. The van der Waals surface area contributed by atoms with Crippen molar-refractivity contribution in [2.75, 3.05) is 19.6 Å². The molecule has 3 heterocycles. The van der Waals surface area contributed by atoms with Crippen LogP contribution in [0.2, 0.25) is 0 Å². The summed E-state index contributed by atoms with van der Waals surface area (Å²) in [5.41, 5.74) is 7.76. The maximum Gasteiger partial charge on any atom is 0.237 e. The SMILES string of the molecule is CCCCCC1CN(CC(=O)N2CCCC2CCCC)C(C)C2=CC(c3ccc(C)cc3)NN21. The van der Waals surface area contributed by atoms with Gasteiger partial charge >= 0.3 is 0 Å². The number of likely N-dealkylation sites (tertiary alicyclic amines) is 1. The van der Waals surface area contributed by atoms with Crippen LogP contribution in [-0.2, 0) is 4.79 Å². The molecule has 3 aliphatic heterocycles. The maximum absolute atomic E-state index is 13.4. The van der Waals surface area contributed by atoms with Crippen LogP contribution in [0.5, 0.6) is 0 Å². The fraction of sp³-hybridized carbons (Fsp3) is 0.690. The Kier molecular flexibility index (Phi) is 8.70. The number of carbonyl (C=O) groups is 1. The fourth-order valence-corrected chi connectivity index (χ4v) is 6.03. The van der Waals surface area contributed by atoms with Gasteiger partial charge in [-0.2, -0.15) is 0 Å². The van der Waals surface area contributed by atoms with Gasteiger partial charge in [0.25, 0.3) is 0 Å². The van der Waals surface area contributed by atoms with Gasteiger partial charge in [0, 0.05) is 30.9 Å². The van der Waals surface area contributed by atoms with E-state index in [1.807, 2.05) is 0 Å². The Morgan fingerprint density at radius 2 is 1.76 bits per heavy atom. The third kappa shape index (κ3) is 5.68. The van der Waals surface area contributed by atoms with Gasteiger partial charge in [-0.15, -0.1) is 0 Å². The summed E-state index contributed by atoms with van der Waals surface area (Å²) in [5, 5.41) is 2.45. The number of benzene rings is 1. The van der Waals surface area contributed by atoms with Crippen molar-refractivity contribution >= 4 is 5.91 Å². The third-order valence-electron chi connectivity index (χ3n) is 8.18. The van der Waals surface area contributed by atoms with E-state index in [9.17, 15) is 4.79 Å². The third-order valence-corrected chi connectivity index (χ3v) is 8.18. The van der Waals surface area contributed by atoms with Crippen molar-refractivity contribution in [2.45, 2.75) is 110 Å². The Bertz CT molecular complexity index is 835. The molecule has 0 radical (unpaired) electrons. The molecule has 1 aromatic rings. The van der Waals surface area contributed by atoms with Crippen LogP contribution in [0.1, 0.15) is 95.7 Å². The molecule has 1 amide bonds. The van der Waals surface area contributed by atoms with E-state index in [1.54, 1.807) is 0 Å². The highest BCUT2D eigenvalue weighted by molar-refractivity contribution is 5.79. The van der Waals surface area contributed by atoms with E-state index in [0.29, 0.717) is 24.5 Å². The minimum atomic E-state index is 0.208. The predicted molar refractivity (Wildman–Crippen MR) is 140 cm³/mol. The quantitative estimate of drug-likeness (QED) is 0.457. The second-order valence-electron chi connectivity index (χ2n) is 10.8. The van der Waals surface area contributed by atoms with Crippen LogP contribution >= 0.6 is 0 Å². The number of unbranched alkanes of at least 4 members (excludes halogenated alkanes) is 3. The second-order valence-corrected chi connectivity index (χ2v) is 10.8. The smallest absolute Gasteiger partial charge is 0.237 e. The average Bonchev–Trinajstić information content (AvgIpc) is 3.49. The summed E-state index contributed by atoms with van der Waals surface area (Å²) in [5.74, 6) is 0.341. The molecule has 34 heavy (non-hydrogen) atoms. The first-order valence-electron chi connectivity index (χ1n) is 13.9. The number of carbonyl (C=O) groups excluding carboxylic acids is 1. The minimum absolute atomic E-state index is 0.208. The fourth-order valence-electron chi connectivity index (χ4n) is 6.03. The van der Waals surface area contributed by atoms with E-state index in [4.69, 9.17) is 0 Å². The second kappa shape index (κ2) is 11.7. The van der Waals surface area contributed by atoms with Gasteiger partial charge < -0.3 is 9.91 Å². The van der Waals surface area contributed by atoms with Crippen LogP contribution in [0.4, 0.5) is 0 Å². The van der Waals surface area contributed by atoms with Gasteiger partial charge in [0.05, 0.1) is 18.6 Å². The zero-order valence-electron chi connectivity index (χ0n) is 21.9. The Hall–Kier alpha value is -1.85. The number of hydrogen-bond acceptors (Lipinski definition) is 4. The molecule has 4 atom stereocenters. The van der Waals surface area contributed by atoms with E-state index < -0.39 is 0 Å². The number of rotatable bonds is 10. The van der Waals surface area contributed by atoms with Crippen LogP contribution < -0.4 is 5.43 Å². The lowest BCUT2D eigenvalue weighted by molar-refractivity contribution is -0.134. The Morgan fingerprint density at radius 1 is 1.03 bits per heavy atom. The summed E-state index contributed by atoms with van der Waals surface area (Å²) in [4.78, 5) is 18.1. The topological polar surface area (TPSA) is 38.8 Å². The average molecular weight is 467 g/mol. The number of piperazine rings is 1. The summed E-state index contributed by atoms with van der Waals surface area (Å²) in [6.45, 7) is 11.4. The standard InChI is InChI=1S/C29H46N4O/c1-5-7-9-12-26-20-31(21-29(34)32-18-10-13-25(32)11-8-6-2)23(4)28-19-27(30-33(26)28)24-16-14-22(3)15-17-24/h14-17,19,23,25-27,30H,5-13,18,20-21H2,1-4H3. The molecule has 4 rings (SSSR count). The Balaban J connectivity index is 1.49. The van der Waals surface area contributed by atoms with Crippen molar-refractivity contribution in [1.82, 2.24) is 20.2 Å². The van der Waals surface area contributed by atoms with Crippen LogP contribution in [0.25, 0.3) is 0 Å². The van der Waals surface area contributed by atoms with Gasteiger partial charge in [0.2, 0.25) is 5.91 Å². The monoisotopic (exact) mass is 466 g/mol. The molecular formula is C29H46N4O. The molecule has 2 fully saturated rings. The summed E-state index contributed by atoms with van der Waals surface area (Å²) < 4.78 is 0. The van der Waals surface area contributed by atoms with E-state index in [1.165, 1.54) is 68.2 Å². The van der Waals surface area contributed by atoms with Crippen molar-refractivity contribution < 1.29 is 4.79 Å². The van der Waals surface area contributed by atoms with Gasteiger partial charge in [0.15, 0.2) is 0 Å². The first kappa shape index (κ1) is 25.2. The summed E-state index contributed by atoms with van der Waals surface area (Å²) in [7, 11) is 0. The highest BCUT2D eigenvalue weighted by atomic mass is 16.2. The molecule has 0 aromatic heterocycles. The highest BCUT2D eigenvalue weighted by Gasteiger charge is 2.41. The molecule has 5 nitrogen and oxygen atoms in total. The highest BCUT2D eigenvalue weighted by Crippen LogP contribution is 2.35. The summed E-state index contributed by atoms with van der Waals surface area (Å²) in [6.07, 6.45) is 13.3. The molecular weight excluding hydrogens is 420 g/mol. The van der Waals surface area contributed by atoms with Crippen molar-refractivity contribution in [2.24, 2.45) is 0 Å². The molecule has 0 spiro atoms. The largest absolute Gasteiger partial charge is 0.339 e. The first-order valence-corrected chi connectivity index (χ1v) is 13.9. The van der Waals surface area contributed by atoms with Crippen molar-refractivity contribution in [3.8, 4) is 0 Å². The van der Waals surface area contributed by atoms with E-state index in [0.717, 1.165) is 19.5 Å². The van der Waals surface area contributed by atoms with Gasteiger partial charge in [-0.3, -0.25) is 9.69 Å². The van der Waals surface area contributed by atoms with Gasteiger partial charge in [-0.25, -0.2) is 5.43 Å². The Morgan fingerprint density at radius 3 is 2.50 bits per heavy atom. The summed E-state index contributed by atoms with van der Waals surface area (Å²) in [6, 6.07) is 10.2.